The fraction of sp³-hybridized carbons (Fsp3) is 0.222. The normalized spacial score (nSPS) is 9.96. The summed E-state index contributed by atoms with van der Waals surface area (Å²) >= 11 is 0. The van der Waals surface area contributed by atoms with E-state index in [1.807, 2.05) is 42.5 Å². The summed E-state index contributed by atoms with van der Waals surface area (Å²) in [5.74, 6) is -0.122. The average Bonchev–Trinajstić information content (AvgIpc) is 2.60. The summed E-state index contributed by atoms with van der Waals surface area (Å²) in [6, 6.07) is 16.9. The van der Waals surface area contributed by atoms with E-state index in [4.69, 9.17) is 0 Å². The minimum Gasteiger partial charge on any atom is -0.355 e. The molecule has 0 bridgehead atoms. The smallest absolute Gasteiger partial charge is 0.315 e. The van der Waals surface area contributed by atoms with Gasteiger partial charge in [-0.1, -0.05) is 42.5 Å². The predicted octanol–water partition coefficient (Wildman–Crippen LogP) is 2.09. The van der Waals surface area contributed by atoms with E-state index in [0.29, 0.717) is 18.7 Å². The molecule has 0 aliphatic rings. The van der Waals surface area contributed by atoms with Crippen molar-refractivity contribution in [2.24, 2.45) is 0 Å². The van der Waals surface area contributed by atoms with Crippen LogP contribution in [0.3, 0.4) is 0 Å². The summed E-state index contributed by atoms with van der Waals surface area (Å²) in [5, 5.41) is 8.19. The Morgan fingerprint density at radius 2 is 1.57 bits per heavy atom. The van der Waals surface area contributed by atoms with Gasteiger partial charge in [-0.2, -0.15) is 0 Å². The van der Waals surface area contributed by atoms with E-state index >= 15 is 0 Å². The van der Waals surface area contributed by atoms with Gasteiger partial charge in [-0.25, -0.2) is 4.79 Å². The van der Waals surface area contributed by atoms with E-state index in [-0.39, 0.29) is 11.9 Å². The molecule has 5 heteroatoms. The van der Waals surface area contributed by atoms with Crippen molar-refractivity contribution in [2.45, 2.75) is 13.0 Å². The van der Waals surface area contributed by atoms with Gasteiger partial charge in [0.25, 0.3) is 5.91 Å². The number of rotatable bonds is 6. The Morgan fingerprint density at radius 1 is 0.870 bits per heavy atom. The van der Waals surface area contributed by atoms with Gasteiger partial charge in [0.05, 0.1) is 0 Å². The third kappa shape index (κ3) is 5.47. The molecular weight excluding hydrogens is 290 g/mol. The minimum absolute atomic E-state index is 0.122. The highest BCUT2D eigenvalue weighted by molar-refractivity contribution is 5.93. The highest BCUT2D eigenvalue weighted by atomic mass is 16.2. The van der Waals surface area contributed by atoms with Crippen molar-refractivity contribution in [2.75, 3.05) is 13.6 Å². The molecule has 2 aromatic rings. The lowest BCUT2D eigenvalue weighted by molar-refractivity contribution is 0.0963. The Morgan fingerprint density at radius 3 is 2.22 bits per heavy atom. The van der Waals surface area contributed by atoms with Crippen LogP contribution < -0.4 is 16.0 Å². The summed E-state index contributed by atoms with van der Waals surface area (Å²) in [7, 11) is 1.59. The summed E-state index contributed by atoms with van der Waals surface area (Å²) < 4.78 is 0. The van der Waals surface area contributed by atoms with Gasteiger partial charge in [-0.3, -0.25) is 4.79 Å². The van der Waals surface area contributed by atoms with Crippen molar-refractivity contribution in [1.82, 2.24) is 16.0 Å². The quantitative estimate of drug-likeness (QED) is 0.764. The molecule has 0 saturated heterocycles. The lowest BCUT2D eigenvalue weighted by atomic mass is 10.1. The zero-order valence-corrected chi connectivity index (χ0v) is 13.1. The molecule has 23 heavy (non-hydrogen) atoms. The highest BCUT2D eigenvalue weighted by Crippen LogP contribution is 2.04. The Balaban J connectivity index is 1.70. The molecule has 0 atom stereocenters. The zero-order chi connectivity index (χ0) is 16.5. The molecule has 0 aromatic heterocycles. The maximum Gasteiger partial charge on any atom is 0.315 e. The molecule has 0 saturated carbocycles. The zero-order valence-electron chi connectivity index (χ0n) is 13.1. The van der Waals surface area contributed by atoms with Crippen LogP contribution in [0.4, 0.5) is 4.79 Å². The molecule has 0 spiro atoms. The van der Waals surface area contributed by atoms with Crippen molar-refractivity contribution in [3.63, 3.8) is 0 Å². The van der Waals surface area contributed by atoms with Crippen LogP contribution in [0, 0.1) is 0 Å². The Hall–Kier alpha value is -2.82. The van der Waals surface area contributed by atoms with E-state index in [1.165, 1.54) is 5.56 Å². The van der Waals surface area contributed by atoms with E-state index in [1.54, 1.807) is 19.2 Å². The number of carbonyl (C=O) groups is 2. The standard InChI is InChI=1S/C18H21N3O2/c1-19-17(22)16-9-7-15(8-10-16)13-21-18(23)20-12-11-14-5-3-2-4-6-14/h2-10H,11-13H2,1H3,(H,19,22)(H2,20,21,23). The number of nitrogens with one attached hydrogen (secondary N) is 3. The Bertz CT molecular complexity index is 639. The topological polar surface area (TPSA) is 70.2 Å². The Kier molecular flexibility index (Phi) is 6.17. The molecule has 2 rings (SSSR count). The molecule has 2 aromatic carbocycles. The van der Waals surface area contributed by atoms with Gasteiger partial charge in [-0.05, 0) is 29.7 Å². The molecule has 0 aliphatic heterocycles. The van der Waals surface area contributed by atoms with Gasteiger partial charge < -0.3 is 16.0 Å². The van der Waals surface area contributed by atoms with Crippen molar-refractivity contribution in [1.29, 1.82) is 0 Å². The van der Waals surface area contributed by atoms with Crippen molar-refractivity contribution in [3.05, 3.63) is 71.3 Å². The minimum atomic E-state index is -0.198. The van der Waals surface area contributed by atoms with Crippen LogP contribution >= 0.6 is 0 Å². The van der Waals surface area contributed by atoms with Crippen LogP contribution in [-0.4, -0.2) is 25.5 Å². The first-order chi connectivity index (χ1) is 11.2. The van der Waals surface area contributed by atoms with Crippen LogP contribution in [0.2, 0.25) is 0 Å². The van der Waals surface area contributed by atoms with Crippen LogP contribution in [-0.2, 0) is 13.0 Å². The second-order valence-electron chi connectivity index (χ2n) is 5.12. The highest BCUT2D eigenvalue weighted by Gasteiger charge is 2.03. The Labute approximate surface area is 136 Å². The van der Waals surface area contributed by atoms with E-state index in [0.717, 1.165) is 12.0 Å². The molecule has 120 valence electrons. The molecule has 5 nitrogen and oxygen atoms in total. The molecule has 0 heterocycles. The summed E-state index contributed by atoms with van der Waals surface area (Å²) in [6.45, 7) is 1.01. The van der Waals surface area contributed by atoms with Crippen LogP contribution in [0.1, 0.15) is 21.5 Å². The fourth-order valence-corrected chi connectivity index (χ4v) is 2.13. The van der Waals surface area contributed by atoms with Crippen LogP contribution in [0.25, 0.3) is 0 Å². The molecule has 0 fully saturated rings. The summed E-state index contributed by atoms with van der Waals surface area (Å²) in [4.78, 5) is 23.2. The second kappa shape index (κ2) is 8.58. The van der Waals surface area contributed by atoms with E-state index in [2.05, 4.69) is 16.0 Å². The van der Waals surface area contributed by atoms with Gasteiger partial charge in [0, 0.05) is 25.7 Å². The van der Waals surface area contributed by atoms with Crippen molar-refractivity contribution < 1.29 is 9.59 Å². The van der Waals surface area contributed by atoms with Gasteiger partial charge >= 0.3 is 6.03 Å². The maximum atomic E-state index is 11.7. The number of hydrogen-bond donors (Lipinski definition) is 3. The SMILES string of the molecule is CNC(=O)c1ccc(CNC(=O)NCCc2ccccc2)cc1. The molecule has 3 amide bonds. The first-order valence-corrected chi connectivity index (χ1v) is 7.55. The monoisotopic (exact) mass is 311 g/mol. The van der Waals surface area contributed by atoms with Gasteiger partial charge in [-0.15, -0.1) is 0 Å². The molecule has 3 N–H and O–H groups in total. The lowest BCUT2D eigenvalue weighted by Gasteiger charge is -2.08. The predicted molar refractivity (Wildman–Crippen MR) is 90.2 cm³/mol. The fourth-order valence-electron chi connectivity index (χ4n) is 2.13. The summed E-state index contributed by atoms with van der Waals surface area (Å²) in [5.41, 5.74) is 2.73. The number of carbonyl (C=O) groups excluding carboxylic acids is 2. The molecule has 0 radical (unpaired) electrons. The molecule has 0 unspecified atom stereocenters. The third-order valence-electron chi connectivity index (χ3n) is 3.44. The molecule has 0 aliphatic carbocycles. The maximum absolute atomic E-state index is 11.7. The van der Waals surface area contributed by atoms with Crippen molar-refractivity contribution >= 4 is 11.9 Å². The van der Waals surface area contributed by atoms with Gasteiger partial charge in [0.15, 0.2) is 0 Å². The number of amides is 3. The lowest BCUT2D eigenvalue weighted by Crippen LogP contribution is -2.36. The second-order valence-corrected chi connectivity index (χ2v) is 5.12. The van der Waals surface area contributed by atoms with E-state index in [9.17, 15) is 9.59 Å². The van der Waals surface area contributed by atoms with E-state index < -0.39 is 0 Å². The first-order valence-electron chi connectivity index (χ1n) is 7.55. The van der Waals surface area contributed by atoms with Crippen LogP contribution in [0.15, 0.2) is 54.6 Å². The first kappa shape index (κ1) is 16.5. The van der Waals surface area contributed by atoms with Gasteiger partial charge in [0.2, 0.25) is 0 Å². The van der Waals surface area contributed by atoms with Crippen LogP contribution in [0.5, 0.6) is 0 Å². The molecular formula is C18H21N3O2. The number of hydrogen-bond acceptors (Lipinski definition) is 2. The number of urea groups is 1. The third-order valence-corrected chi connectivity index (χ3v) is 3.44. The summed E-state index contributed by atoms with van der Waals surface area (Å²) in [6.07, 6.45) is 0.801. The average molecular weight is 311 g/mol. The van der Waals surface area contributed by atoms with Gasteiger partial charge in [0.1, 0.15) is 0 Å². The van der Waals surface area contributed by atoms with Crippen molar-refractivity contribution in [3.8, 4) is 0 Å². The number of benzene rings is 2. The largest absolute Gasteiger partial charge is 0.355 e.